The van der Waals surface area contributed by atoms with E-state index in [1.807, 2.05) is 0 Å². The number of pyridine rings is 1. The summed E-state index contributed by atoms with van der Waals surface area (Å²) in [7, 11) is 0. The molecule has 0 N–H and O–H groups in total. The molecule has 1 aliphatic rings. The summed E-state index contributed by atoms with van der Waals surface area (Å²) in [5, 5.41) is 0. The van der Waals surface area contributed by atoms with Crippen molar-refractivity contribution < 1.29 is 21.5 Å². The first-order valence-corrected chi connectivity index (χ1v) is 11.6. The lowest BCUT2D eigenvalue weighted by molar-refractivity contribution is -0.688. The van der Waals surface area contributed by atoms with Crippen LogP contribution in [-0.4, -0.2) is 13.1 Å². The van der Waals surface area contributed by atoms with E-state index in [0.717, 1.165) is 12.5 Å². The van der Waals surface area contributed by atoms with Gasteiger partial charge in [-0.1, -0.05) is 70.2 Å². The zero-order chi connectivity index (χ0) is 19.6. The van der Waals surface area contributed by atoms with Crippen LogP contribution in [0.1, 0.15) is 76.3 Å². The quantitative estimate of drug-likeness (QED) is 0.391. The Labute approximate surface area is 189 Å². The molecule has 1 saturated heterocycles. The maximum Gasteiger partial charge on any atom is 0.173 e. The molecule has 160 valence electrons. The number of benzene rings is 1. The van der Waals surface area contributed by atoms with Gasteiger partial charge in [0.15, 0.2) is 18.9 Å². The lowest BCUT2D eigenvalue weighted by atomic mass is 9.99. The van der Waals surface area contributed by atoms with E-state index in [9.17, 15) is 0 Å². The average Bonchev–Trinajstić information content (AvgIpc) is 2.73. The molecule has 0 saturated carbocycles. The van der Waals surface area contributed by atoms with Gasteiger partial charge in [0.2, 0.25) is 0 Å². The summed E-state index contributed by atoms with van der Waals surface area (Å²) in [6.45, 7) is 8.00. The molecule has 1 aliphatic heterocycles. The van der Waals surface area contributed by atoms with Crippen molar-refractivity contribution in [3.05, 3.63) is 59.9 Å². The molecule has 0 aliphatic carbocycles. The van der Waals surface area contributed by atoms with E-state index in [-0.39, 0.29) is 17.0 Å². The molecule has 0 atom stereocenters. The maximum atomic E-state index is 2.53. The van der Waals surface area contributed by atoms with Crippen molar-refractivity contribution in [3.8, 4) is 0 Å². The third-order valence-electron chi connectivity index (χ3n) is 6.23. The molecule has 0 radical (unpaired) electrons. The largest absolute Gasteiger partial charge is 1.00 e. The molecular formula is C26H39BrN2. The molecule has 3 rings (SSSR count). The maximum absolute atomic E-state index is 2.53. The SMILES string of the molecule is CCCCCCCCc1ccc(C[n+]2ccc(N3CCC(C)CC3)cc2)cc1.[Br-]. The lowest BCUT2D eigenvalue weighted by Crippen LogP contribution is -3.00. The zero-order valence-electron chi connectivity index (χ0n) is 18.5. The number of aryl methyl sites for hydroxylation is 1. The van der Waals surface area contributed by atoms with Gasteiger partial charge >= 0.3 is 0 Å². The summed E-state index contributed by atoms with van der Waals surface area (Å²) in [5.41, 5.74) is 4.24. The number of nitrogens with zero attached hydrogens (tertiary/aromatic N) is 2. The summed E-state index contributed by atoms with van der Waals surface area (Å²) in [6.07, 6.45) is 16.6. The van der Waals surface area contributed by atoms with Gasteiger partial charge in [0.1, 0.15) is 0 Å². The molecule has 0 unspecified atom stereocenters. The van der Waals surface area contributed by atoms with Gasteiger partial charge in [-0.05, 0) is 37.2 Å². The van der Waals surface area contributed by atoms with E-state index >= 15 is 0 Å². The van der Waals surface area contributed by atoms with Gasteiger partial charge < -0.3 is 21.9 Å². The highest BCUT2D eigenvalue weighted by Gasteiger charge is 2.16. The van der Waals surface area contributed by atoms with E-state index in [0.29, 0.717) is 0 Å². The van der Waals surface area contributed by atoms with Crippen LogP contribution in [0.5, 0.6) is 0 Å². The smallest absolute Gasteiger partial charge is 0.173 e. The molecule has 0 amide bonds. The van der Waals surface area contributed by atoms with E-state index in [4.69, 9.17) is 0 Å². The predicted octanol–water partition coefficient (Wildman–Crippen LogP) is 3.17. The van der Waals surface area contributed by atoms with Crippen molar-refractivity contribution >= 4 is 5.69 Å². The number of anilines is 1. The molecule has 1 aromatic carbocycles. The molecule has 2 nitrogen and oxygen atoms in total. The predicted molar refractivity (Wildman–Crippen MR) is 120 cm³/mol. The molecule has 2 aromatic rings. The lowest BCUT2D eigenvalue weighted by Gasteiger charge is -2.31. The molecule has 0 bridgehead atoms. The van der Waals surface area contributed by atoms with Gasteiger partial charge in [-0.3, -0.25) is 0 Å². The van der Waals surface area contributed by atoms with Gasteiger partial charge in [0.05, 0.1) is 0 Å². The van der Waals surface area contributed by atoms with Crippen LogP contribution in [0.3, 0.4) is 0 Å². The Bertz CT molecular complexity index is 673. The molecule has 29 heavy (non-hydrogen) atoms. The second-order valence-electron chi connectivity index (χ2n) is 8.73. The fourth-order valence-electron chi connectivity index (χ4n) is 4.16. The Morgan fingerprint density at radius 2 is 1.41 bits per heavy atom. The van der Waals surface area contributed by atoms with Crippen LogP contribution >= 0.6 is 0 Å². The standard InChI is InChI=1S/C26H39N2.BrH/c1-3-4-5-6-7-8-9-24-10-12-25(13-11-24)22-27-18-16-26(17-19-27)28-20-14-23(2)15-21-28;/h10-13,16-19,23H,3-9,14-15,20-22H2,1-2H3;1H/q+1;/p-1. The van der Waals surface area contributed by atoms with Gasteiger partial charge in [-0.25, -0.2) is 4.57 Å². The Hall–Kier alpha value is -1.35. The molecule has 1 fully saturated rings. The number of aromatic nitrogens is 1. The second-order valence-corrected chi connectivity index (χ2v) is 8.73. The molecule has 0 spiro atoms. The fourth-order valence-corrected chi connectivity index (χ4v) is 4.16. The van der Waals surface area contributed by atoms with Gasteiger partial charge in [0, 0.05) is 36.5 Å². The highest BCUT2D eigenvalue weighted by Crippen LogP contribution is 2.21. The highest BCUT2D eigenvalue weighted by atomic mass is 79.9. The molecule has 1 aromatic heterocycles. The first-order chi connectivity index (χ1) is 13.7. The van der Waals surface area contributed by atoms with Crippen LogP contribution in [-0.2, 0) is 13.0 Å². The molecular weight excluding hydrogens is 420 g/mol. The van der Waals surface area contributed by atoms with Gasteiger partial charge in [0.25, 0.3) is 0 Å². The van der Waals surface area contributed by atoms with Crippen molar-refractivity contribution in [2.45, 2.75) is 78.2 Å². The van der Waals surface area contributed by atoms with Crippen molar-refractivity contribution in [3.63, 3.8) is 0 Å². The third-order valence-corrected chi connectivity index (χ3v) is 6.23. The minimum absolute atomic E-state index is 0. The van der Waals surface area contributed by atoms with Crippen molar-refractivity contribution in [2.24, 2.45) is 5.92 Å². The Kier molecular flexibility index (Phi) is 10.8. The van der Waals surface area contributed by atoms with Crippen LogP contribution in [0, 0.1) is 5.92 Å². The molecule has 3 heteroatoms. The highest BCUT2D eigenvalue weighted by molar-refractivity contribution is 5.44. The van der Waals surface area contributed by atoms with Crippen LogP contribution in [0.25, 0.3) is 0 Å². The number of hydrogen-bond donors (Lipinski definition) is 0. The number of piperidine rings is 1. The Balaban J connectivity index is 0.00000300. The van der Waals surface area contributed by atoms with E-state index in [2.05, 4.69) is 72.1 Å². The van der Waals surface area contributed by atoms with Crippen LogP contribution in [0.15, 0.2) is 48.8 Å². The summed E-state index contributed by atoms with van der Waals surface area (Å²) in [6, 6.07) is 13.8. The fraction of sp³-hybridized carbons (Fsp3) is 0.577. The molecule has 2 heterocycles. The summed E-state index contributed by atoms with van der Waals surface area (Å²) in [4.78, 5) is 2.53. The van der Waals surface area contributed by atoms with E-state index in [1.165, 1.54) is 87.7 Å². The van der Waals surface area contributed by atoms with Crippen LogP contribution in [0.2, 0.25) is 0 Å². The number of unbranched alkanes of at least 4 members (excludes halogenated alkanes) is 5. The number of rotatable bonds is 10. The van der Waals surface area contributed by atoms with E-state index in [1.54, 1.807) is 0 Å². The van der Waals surface area contributed by atoms with Crippen LogP contribution in [0.4, 0.5) is 5.69 Å². The normalized spacial score (nSPS) is 14.6. The zero-order valence-corrected chi connectivity index (χ0v) is 20.0. The van der Waals surface area contributed by atoms with Crippen molar-refractivity contribution in [2.75, 3.05) is 18.0 Å². The second kappa shape index (κ2) is 13.1. The van der Waals surface area contributed by atoms with Crippen molar-refractivity contribution in [1.82, 2.24) is 0 Å². The first-order valence-electron chi connectivity index (χ1n) is 11.6. The summed E-state index contributed by atoms with van der Waals surface area (Å²) >= 11 is 0. The monoisotopic (exact) mass is 458 g/mol. The topological polar surface area (TPSA) is 7.12 Å². The summed E-state index contributed by atoms with van der Waals surface area (Å²) < 4.78 is 2.29. The van der Waals surface area contributed by atoms with Gasteiger partial charge in [-0.15, -0.1) is 0 Å². The van der Waals surface area contributed by atoms with E-state index < -0.39 is 0 Å². The van der Waals surface area contributed by atoms with Gasteiger partial charge in [-0.2, -0.15) is 0 Å². The summed E-state index contributed by atoms with van der Waals surface area (Å²) in [5.74, 6) is 0.883. The minimum atomic E-state index is 0. The Morgan fingerprint density at radius 1 is 0.828 bits per heavy atom. The number of halogens is 1. The third kappa shape index (κ3) is 8.12. The first kappa shape index (κ1) is 23.9. The Morgan fingerprint density at radius 3 is 2.07 bits per heavy atom. The number of hydrogen-bond acceptors (Lipinski definition) is 1. The minimum Gasteiger partial charge on any atom is -1.00 e. The average molecular weight is 460 g/mol. The van der Waals surface area contributed by atoms with Crippen LogP contribution < -0.4 is 26.4 Å². The van der Waals surface area contributed by atoms with Crippen molar-refractivity contribution in [1.29, 1.82) is 0 Å².